The molecule has 2 aliphatic heterocycles. The molecule has 2 amide bonds. The summed E-state index contributed by atoms with van der Waals surface area (Å²) < 4.78 is 11.0. The summed E-state index contributed by atoms with van der Waals surface area (Å²) in [5.41, 5.74) is 1.12. The maximum atomic E-state index is 13.3. The Labute approximate surface area is 169 Å². The van der Waals surface area contributed by atoms with E-state index in [-0.39, 0.29) is 17.9 Å². The maximum Gasteiger partial charge on any atom is 0.251 e. The Morgan fingerprint density at radius 1 is 1.03 bits per heavy atom. The lowest BCUT2D eigenvalue weighted by molar-refractivity contribution is -0.146. The van der Waals surface area contributed by atoms with Crippen molar-refractivity contribution in [3.8, 4) is 11.3 Å². The number of carbonyl (C=O) groups excluding carboxylic acids is 2. The number of aromatic nitrogens is 1. The molecule has 3 fully saturated rings. The number of hydrogen-bond donors (Lipinski definition) is 0. The van der Waals surface area contributed by atoms with E-state index in [2.05, 4.69) is 5.16 Å². The molecular formula is C22H25N3O4. The van der Waals surface area contributed by atoms with Crippen molar-refractivity contribution >= 4 is 11.8 Å². The molecule has 2 aromatic rings. The average molecular weight is 395 g/mol. The van der Waals surface area contributed by atoms with Gasteiger partial charge < -0.3 is 19.1 Å². The highest BCUT2D eigenvalue weighted by Crippen LogP contribution is 2.50. The zero-order chi connectivity index (χ0) is 19.8. The van der Waals surface area contributed by atoms with Crippen molar-refractivity contribution in [3.05, 3.63) is 42.1 Å². The first-order chi connectivity index (χ1) is 14.2. The van der Waals surface area contributed by atoms with Crippen LogP contribution in [0.2, 0.25) is 0 Å². The molecule has 5 rings (SSSR count). The zero-order valence-electron chi connectivity index (χ0n) is 16.4. The van der Waals surface area contributed by atoms with E-state index in [4.69, 9.17) is 9.26 Å². The molecule has 0 bridgehead atoms. The number of ether oxygens (including phenoxy) is 1. The van der Waals surface area contributed by atoms with Gasteiger partial charge in [-0.3, -0.25) is 9.59 Å². The number of hydrogen-bond acceptors (Lipinski definition) is 5. The van der Waals surface area contributed by atoms with Gasteiger partial charge in [0.25, 0.3) is 5.91 Å². The van der Waals surface area contributed by atoms with Gasteiger partial charge in [-0.05, 0) is 25.7 Å². The van der Waals surface area contributed by atoms with E-state index in [0.29, 0.717) is 38.5 Å². The van der Waals surface area contributed by atoms with E-state index >= 15 is 0 Å². The lowest BCUT2D eigenvalue weighted by atomic mass is 9.99. The van der Waals surface area contributed by atoms with E-state index in [1.54, 1.807) is 0 Å². The Kier molecular flexibility index (Phi) is 4.62. The van der Waals surface area contributed by atoms with Crippen LogP contribution in [-0.2, 0) is 19.7 Å². The fraction of sp³-hybridized carbons (Fsp3) is 0.500. The molecule has 1 aromatic carbocycles. The number of carbonyl (C=O) groups is 2. The molecule has 1 atom stereocenters. The predicted molar refractivity (Wildman–Crippen MR) is 105 cm³/mol. The van der Waals surface area contributed by atoms with Crippen molar-refractivity contribution in [1.82, 2.24) is 15.0 Å². The van der Waals surface area contributed by atoms with Crippen LogP contribution < -0.4 is 0 Å². The van der Waals surface area contributed by atoms with Crippen molar-refractivity contribution in [2.75, 3.05) is 32.8 Å². The third kappa shape index (κ3) is 3.33. The van der Waals surface area contributed by atoms with Crippen LogP contribution in [0.1, 0.15) is 31.4 Å². The first-order valence-electron chi connectivity index (χ1n) is 10.4. The van der Waals surface area contributed by atoms with Crippen LogP contribution in [0.3, 0.4) is 0 Å². The number of amides is 2. The monoisotopic (exact) mass is 395 g/mol. The van der Waals surface area contributed by atoms with Crippen molar-refractivity contribution < 1.29 is 18.8 Å². The number of benzene rings is 1. The lowest BCUT2D eigenvalue weighted by Gasteiger charge is -2.37. The zero-order valence-corrected chi connectivity index (χ0v) is 16.4. The summed E-state index contributed by atoms with van der Waals surface area (Å²) in [5, 5.41) is 4.23. The molecule has 0 radical (unpaired) electrons. The first kappa shape index (κ1) is 18.4. The predicted octanol–water partition coefficient (Wildman–Crippen LogP) is 2.22. The molecule has 0 spiro atoms. The van der Waals surface area contributed by atoms with Gasteiger partial charge in [0.2, 0.25) is 5.91 Å². The normalized spacial score (nSPS) is 23.2. The molecule has 1 aromatic heterocycles. The summed E-state index contributed by atoms with van der Waals surface area (Å²) in [6.07, 6.45) is 3.04. The topological polar surface area (TPSA) is 75.9 Å². The number of rotatable bonds is 4. The van der Waals surface area contributed by atoms with E-state index in [1.807, 2.05) is 46.2 Å². The Bertz CT molecular complexity index is 892. The van der Waals surface area contributed by atoms with Crippen LogP contribution in [0, 0.1) is 0 Å². The SMILES string of the molecule is O=C(C1CCCO1)N1CCN(C(=O)C2(c3cc(-c4ccccc4)on3)CC2)CC1. The molecule has 3 aliphatic rings. The Morgan fingerprint density at radius 2 is 1.76 bits per heavy atom. The molecule has 1 unspecified atom stereocenters. The van der Waals surface area contributed by atoms with Crippen molar-refractivity contribution in [1.29, 1.82) is 0 Å². The smallest absolute Gasteiger partial charge is 0.251 e. The second-order valence-corrected chi connectivity index (χ2v) is 8.14. The van der Waals surface area contributed by atoms with Gasteiger partial charge in [0.1, 0.15) is 6.10 Å². The summed E-state index contributed by atoms with van der Waals surface area (Å²) in [4.78, 5) is 29.5. The van der Waals surface area contributed by atoms with Gasteiger partial charge in [0, 0.05) is 44.4 Å². The van der Waals surface area contributed by atoms with Gasteiger partial charge in [-0.25, -0.2) is 0 Å². The number of piperazine rings is 1. The Balaban J connectivity index is 1.24. The van der Waals surface area contributed by atoms with Gasteiger partial charge in [0.15, 0.2) is 5.76 Å². The second kappa shape index (κ2) is 7.30. The minimum absolute atomic E-state index is 0.0692. The molecule has 2 saturated heterocycles. The van der Waals surface area contributed by atoms with Gasteiger partial charge >= 0.3 is 0 Å². The Morgan fingerprint density at radius 3 is 2.41 bits per heavy atom. The Hall–Kier alpha value is -2.67. The van der Waals surface area contributed by atoms with Crippen molar-refractivity contribution in [2.45, 2.75) is 37.2 Å². The molecule has 3 heterocycles. The largest absolute Gasteiger partial charge is 0.368 e. The third-order valence-electron chi connectivity index (χ3n) is 6.30. The molecule has 0 N–H and O–H groups in total. The maximum absolute atomic E-state index is 13.3. The van der Waals surface area contributed by atoms with E-state index < -0.39 is 5.41 Å². The van der Waals surface area contributed by atoms with Crippen LogP contribution in [0.25, 0.3) is 11.3 Å². The molecular weight excluding hydrogens is 370 g/mol. The van der Waals surface area contributed by atoms with Crippen molar-refractivity contribution in [3.63, 3.8) is 0 Å². The van der Waals surface area contributed by atoms with Crippen LogP contribution in [-0.4, -0.2) is 65.7 Å². The molecule has 7 heteroatoms. The first-order valence-corrected chi connectivity index (χ1v) is 10.4. The second-order valence-electron chi connectivity index (χ2n) is 8.14. The standard InChI is InChI=1S/C22H25N3O4/c26-20(17-7-4-14-28-17)24-10-12-25(13-11-24)21(27)22(8-9-22)19-15-18(29-23-19)16-5-2-1-3-6-16/h1-3,5-6,15,17H,4,7-14H2. The average Bonchev–Trinajstić information content (AvgIpc) is 3.19. The van der Waals surface area contributed by atoms with E-state index in [0.717, 1.165) is 36.9 Å². The molecule has 1 aliphatic carbocycles. The summed E-state index contributed by atoms with van der Waals surface area (Å²) in [6, 6.07) is 11.7. The molecule has 29 heavy (non-hydrogen) atoms. The highest BCUT2D eigenvalue weighted by atomic mass is 16.5. The third-order valence-corrected chi connectivity index (χ3v) is 6.30. The fourth-order valence-corrected chi connectivity index (χ4v) is 4.35. The summed E-state index contributed by atoms with van der Waals surface area (Å²) in [6.45, 7) is 2.91. The van der Waals surface area contributed by atoms with Crippen LogP contribution in [0.5, 0.6) is 0 Å². The van der Waals surface area contributed by atoms with Crippen LogP contribution >= 0.6 is 0 Å². The number of nitrogens with zero attached hydrogens (tertiary/aromatic N) is 3. The molecule has 7 nitrogen and oxygen atoms in total. The minimum atomic E-state index is -0.558. The van der Waals surface area contributed by atoms with Gasteiger partial charge in [-0.2, -0.15) is 0 Å². The molecule has 1 saturated carbocycles. The molecule has 152 valence electrons. The minimum Gasteiger partial charge on any atom is -0.368 e. The highest BCUT2D eigenvalue weighted by Gasteiger charge is 2.55. The van der Waals surface area contributed by atoms with Gasteiger partial charge in [-0.15, -0.1) is 0 Å². The highest BCUT2D eigenvalue weighted by molar-refractivity contribution is 5.91. The quantitative estimate of drug-likeness (QED) is 0.794. The van der Waals surface area contributed by atoms with E-state index in [1.165, 1.54) is 0 Å². The lowest BCUT2D eigenvalue weighted by Crippen LogP contribution is -2.54. The van der Waals surface area contributed by atoms with Crippen LogP contribution in [0.15, 0.2) is 40.9 Å². The summed E-state index contributed by atoms with van der Waals surface area (Å²) in [5.74, 6) is 0.862. The van der Waals surface area contributed by atoms with Crippen molar-refractivity contribution in [2.24, 2.45) is 0 Å². The summed E-state index contributed by atoms with van der Waals surface area (Å²) in [7, 11) is 0. The van der Waals surface area contributed by atoms with Gasteiger partial charge in [-0.1, -0.05) is 35.5 Å². The van der Waals surface area contributed by atoms with Crippen LogP contribution in [0.4, 0.5) is 0 Å². The summed E-state index contributed by atoms with van der Waals surface area (Å²) >= 11 is 0. The fourth-order valence-electron chi connectivity index (χ4n) is 4.35. The van der Waals surface area contributed by atoms with E-state index in [9.17, 15) is 9.59 Å². The van der Waals surface area contributed by atoms with Gasteiger partial charge in [0.05, 0.1) is 11.1 Å².